The number of hydrogen-bond donors (Lipinski definition) is 1. The lowest BCUT2D eigenvalue weighted by atomic mass is 10.1. The molecule has 1 aromatic heterocycles. The summed E-state index contributed by atoms with van der Waals surface area (Å²) >= 11 is 0. The number of rotatable bonds is 3. The highest BCUT2D eigenvalue weighted by atomic mass is 16.4. The van der Waals surface area contributed by atoms with Gasteiger partial charge in [-0.25, -0.2) is 4.79 Å². The van der Waals surface area contributed by atoms with Crippen molar-refractivity contribution < 1.29 is 9.90 Å². The van der Waals surface area contributed by atoms with Gasteiger partial charge in [0.05, 0.1) is 5.56 Å². The van der Waals surface area contributed by atoms with E-state index in [2.05, 4.69) is 14.8 Å². The average Bonchev–Trinajstić information content (AvgIpc) is 3.07. The van der Waals surface area contributed by atoms with Gasteiger partial charge in [-0.15, -0.1) is 10.2 Å². The van der Waals surface area contributed by atoms with Gasteiger partial charge in [0.15, 0.2) is 5.82 Å². The zero-order chi connectivity index (χ0) is 14.1. The summed E-state index contributed by atoms with van der Waals surface area (Å²) in [5.74, 6) is 0.751. The molecule has 2 aromatic rings. The Bertz CT molecular complexity index is 642. The molecular formula is C15H17N3O2. The van der Waals surface area contributed by atoms with Gasteiger partial charge in [0.2, 0.25) is 0 Å². The average molecular weight is 271 g/mol. The van der Waals surface area contributed by atoms with Crippen molar-refractivity contribution in [1.82, 2.24) is 14.8 Å². The molecule has 0 amide bonds. The van der Waals surface area contributed by atoms with Crippen LogP contribution in [0.2, 0.25) is 0 Å². The van der Waals surface area contributed by atoms with E-state index in [4.69, 9.17) is 5.11 Å². The van der Waals surface area contributed by atoms with Crippen LogP contribution in [0, 0.1) is 6.92 Å². The predicted molar refractivity (Wildman–Crippen MR) is 74.7 cm³/mol. The molecule has 20 heavy (non-hydrogen) atoms. The van der Waals surface area contributed by atoms with Crippen molar-refractivity contribution in [2.75, 3.05) is 0 Å². The van der Waals surface area contributed by atoms with E-state index in [1.54, 1.807) is 18.2 Å². The molecular weight excluding hydrogens is 254 g/mol. The van der Waals surface area contributed by atoms with Gasteiger partial charge in [-0.05, 0) is 31.9 Å². The Labute approximate surface area is 117 Å². The Balaban J connectivity index is 2.06. The van der Waals surface area contributed by atoms with Gasteiger partial charge < -0.3 is 9.67 Å². The highest BCUT2D eigenvalue weighted by molar-refractivity contribution is 5.89. The molecule has 5 nitrogen and oxygen atoms in total. The summed E-state index contributed by atoms with van der Waals surface area (Å²) in [7, 11) is 0. The van der Waals surface area contributed by atoms with Crippen LogP contribution >= 0.6 is 0 Å². The van der Waals surface area contributed by atoms with Crippen molar-refractivity contribution in [3.8, 4) is 11.4 Å². The van der Waals surface area contributed by atoms with Crippen molar-refractivity contribution in [3.63, 3.8) is 0 Å². The minimum atomic E-state index is -0.921. The maximum Gasteiger partial charge on any atom is 0.335 e. The topological polar surface area (TPSA) is 68.0 Å². The maximum atomic E-state index is 11.1. The van der Waals surface area contributed by atoms with Crippen LogP contribution in [0.4, 0.5) is 0 Å². The molecule has 1 aliphatic rings. The zero-order valence-corrected chi connectivity index (χ0v) is 11.4. The Morgan fingerprint density at radius 1 is 1.30 bits per heavy atom. The van der Waals surface area contributed by atoms with Crippen LogP contribution in [-0.4, -0.2) is 25.8 Å². The predicted octanol–water partition coefficient (Wildman–Crippen LogP) is 3.07. The lowest BCUT2D eigenvalue weighted by molar-refractivity contribution is 0.0697. The second-order valence-corrected chi connectivity index (χ2v) is 5.27. The number of aromatic nitrogens is 3. The van der Waals surface area contributed by atoms with Gasteiger partial charge in [0, 0.05) is 11.6 Å². The molecule has 0 radical (unpaired) electrons. The Morgan fingerprint density at radius 2 is 2.05 bits per heavy atom. The zero-order valence-electron chi connectivity index (χ0n) is 11.4. The third-order valence-corrected chi connectivity index (χ3v) is 3.92. The van der Waals surface area contributed by atoms with Gasteiger partial charge in [-0.2, -0.15) is 0 Å². The van der Waals surface area contributed by atoms with Crippen molar-refractivity contribution in [1.29, 1.82) is 0 Å². The summed E-state index contributed by atoms with van der Waals surface area (Å²) in [6.45, 7) is 1.95. The van der Waals surface area contributed by atoms with Crippen LogP contribution in [0.25, 0.3) is 11.4 Å². The third-order valence-electron chi connectivity index (χ3n) is 3.92. The quantitative estimate of drug-likeness (QED) is 0.931. The van der Waals surface area contributed by atoms with E-state index < -0.39 is 5.97 Å². The molecule has 1 fully saturated rings. The van der Waals surface area contributed by atoms with Crippen LogP contribution in [0.5, 0.6) is 0 Å². The van der Waals surface area contributed by atoms with Gasteiger partial charge >= 0.3 is 5.97 Å². The first-order valence-corrected chi connectivity index (χ1v) is 6.92. The first-order chi connectivity index (χ1) is 9.66. The van der Waals surface area contributed by atoms with Crippen LogP contribution in [0.15, 0.2) is 24.3 Å². The Hall–Kier alpha value is -2.17. The fourth-order valence-electron chi connectivity index (χ4n) is 2.96. The number of carbonyl (C=O) groups is 1. The van der Waals surface area contributed by atoms with E-state index in [0.29, 0.717) is 6.04 Å². The molecule has 1 N–H and O–H groups in total. The molecule has 0 atom stereocenters. The number of aromatic carboxylic acids is 1. The van der Waals surface area contributed by atoms with Crippen molar-refractivity contribution in [3.05, 3.63) is 35.7 Å². The molecule has 1 aliphatic carbocycles. The minimum Gasteiger partial charge on any atom is -0.478 e. The molecule has 0 unspecified atom stereocenters. The number of benzene rings is 1. The lowest BCUT2D eigenvalue weighted by Crippen LogP contribution is -2.09. The molecule has 0 saturated heterocycles. The minimum absolute atomic E-state index is 0.279. The second-order valence-electron chi connectivity index (χ2n) is 5.27. The molecule has 1 heterocycles. The first-order valence-electron chi connectivity index (χ1n) is 6.92. The lowest BCUT2D eigenvalue weighted by Gasteiger charge is -2.16. The summed E-state index contributed by atoms with van der Waals surface area (Å²) < 4.78 is 2.16. The normalized spacial score (nSPS) is 15.7. The smallest absolute Gasteiger partial charge is 0.335 e. The van der Waals surface area contributed by atoms with E-state index in [9.17, 15) is 4.79 Å². The SMILES string of the molecule is Cc1nnc(-c2cccc(C(=O)O)c2)n1C1CCCC1. The van der Waals surface area contributed by atoms with Crippen LogP contribution in [0.3, 0.4) is 0 Å². The molecule has 1 aromatic carbocycles. The van der Waals surface area contributed by atoms with E-state index in [1.807, 2.05) is 13.0 Å². The maximum absolute atomic E-state index is 11.1. The van der Waals surface area contributed by atoms with E-state index in [1.165, 1.54) is 12.8 Å². The fourth-order valence-corrected chi connectivity index (χ4v) is 2.96. The molecule has 1 saturated carbocycles. The van der Waals surface area contributed by atoms with Crippen molar-refractivity contribution >= 4 is 5.97 Å². The van der Waals surface area contributed by atoms with Crippen molar-refractivity contribution in [2.45, 2.75) is 38.6 Å². The number of carboxylic acid groups (broad SMARTS) is 1. The molecule has 0 aliphatic heterocycles. The van der Waals surface area contributed by atoms with E-state index >= 15 is 0 Å². The summed E-state index contributed by atoms with van der Waals surface area (Å²) in [6, 6.07) is 7.34. The van der Waals surface area contributed by atoms with Gasteiger partial charge in [-0.3, -0.25) is 0 Å². The van der Waals surface area contributed by atoms with Crippen LogP contribution in [0.1, 0.15) is 47.9 Å². The van der Waals surface area contributed by atoms with Gasteiger partial charge in [-0.1, -0.05) is 25.0 Å². The molecule has 5 heteroatoms. The van der Waals surface area contributed by atoms with E-state index in [0.717, 1.165) is 30.1 Å². The largest absolute Gasteiger partial charge is 0.478 e. The summed E-state index contributed by atoms with van der Waals surface area (Å²) in [5.41, 5.74) is 1.10. The summed E-state index contributed by atoms with van der Waals surface area (Å²) in [5, 5.41) is 17.5. The van der Waals surface area contributed by atoms with Gasteiger partial charge in [0.1, 0.15) is 5.82 Å². The monoisotopic (exact) mass is 271 g/mol. The standard InChI is InChI=1S/C15H17N3O2/c1-10-16-17-14(18(10)13-7-2-3-8-13)11-5-4-6-12(9-11)15(19)20/h4-6,9,13H,2-3,7-8H2,1H3,(H,19,20). The number of hydrogen-bond acceptors (Lipinski definition) is 3. The van der Waals surface area contributed by atoms with Crippen molar-refractivity contribution in [2.24, 2.45) is 0 Å². The highest BCUT2D eigenvalue weighted by Crippen LogP contribution is 2.33. The molecule has 0 spiro atoms. The van der Waals surface area contributed by atoms with Crippen LogP contribution < -0.4 is 0 Å². The van der Waals surface area contributed by atoms with E-state index in [-0.39, 0.29) is 5.56 Å². The molecule has 104 valence electrons. The number of aryl methyl sites for hydroxylation is 1. The fraction of sp³-hybridized carbons (Fsp3) is 0.400. The van der Waals surface area contributed by atoms with Crippen LogP contribution in [-0.2, 0) is 0 Å². The third kappa shape index (κ3) is 2.19. The Morgan fingerprint density at radius 3 is 2.75 bits per heavy atom. The summed E-state index contributed by atoms with van der Waals surface area (Å²) in [6.07, 6.45) is 4.75. The highest BCUT2D eigenvalue weighted by Gasteiger charge is 2.23. The Kier molecular flexibility index (Phi) is 3.26. The first kappa shape index (κ1) is 12.8. The summed E-state index contributed by atoms with van der Waals surface area (Å²) in [4.78, 5) is 11.1. The van der Waals surface area contributed by atoms with Gasteiger partial charge in [0.25, 0.3) is 0 Å². The molecule has 0 bridgehead atoms. The molecule has 3 rings (SSSR count). The second kappa shape index (κ2) is 5.07. The number of carboxylic acids is 1. The number of nitrogens with zero attached hydrogens (tertiary/aromatic N) is 3.